The van der Waals surface area contributed by atoms with Crippen molar-refractivity contribution in [1.82, 2.24) is 4.57 Å². The first-order chi connectivity index (χ1) is 9.63. The van der Waals surface area contributed by atoms with E-state index in [0.29, 0.717) is 5.52 Å². The number of fused-ring (bicyclic) bond motifs is 3. The van der Waals surface area contributed by atoms with Crippen molar-refractivity contribution in [3.63, 3.8) is 0 Å². The van der Waals surface area contributed by atoms with Crippen LogP contribution in [-0.2, 0) is 0 Å². The van der Waals surface area contributed by atoms with Crippen LogP contribution in [0, 0.1) is 0 Å². The van der Waals surface area contributed by atoms with Crippen molar-refractivity contribution in [3.8, 4) is 0 Å². The van der Waals surface area contributed by atoms with Crippen LogP contribution in [0.2, 0.25) is 0 Å². The third kappa shape index (κ3) is 1.62. The number of carboxylic acids is 1. The van der Waals surface area contributed by atoms with Crippen molar-refractivity contribution < 1.29 is 14.7 Å². The SMILES string of the molecule is C=CC(=O)n1c2ccccc2c2cc(C(=O)O)ccc21. The van der Waals surface area contributed by atoms with Crippen LogP contribution in [-0.4, -0.2) is 21.6 Å². The number of carbonyl (C=O) groups is 2. The molecule has 0 amide bonds. The van der Waals surface area contributed by atoms with E-state index in [-0.39, 0.29) is 11.5 Å². The van der Waals surface area contributed by atoms with Gasteiger partial charge in [0.25, 0.3) is 5.91 Å². The second-order valence-electron chi connectivity index (χ2n) is 4.43. The number of aromatic nitrogens is 1. The fourth-order valence-corrected chi connectivity index (χ4v) is 2.43. The molecule has 0 unspecified atom stereocenters. The first kappa shape index (κ1) is 12.2. The van der Waals surface area contributed by atoms with Crippen LogP contribution in [0.25, 0.3) is 21.8 Å². The summed E-state index contributed by atoms with van der Waals surface area (Å²) in [6.45, 7) is 3.51. The lowest BCUT2D eigenvalue weighted by Gasteiger charge is -2.01. The number of benzene rings is 2. The second kappa shape index (κ2) is 4.35. The highest BCUT2D eigenvalue weighted by molar-refractivity contribution is 6.16. The molecule has 0 saturated heterocycles. The molecule has 3 aromatic rings. The van der Waals surface area contributed by atoms with Crippen molar-refractivity contribution in [2.45, 2.75) is 0 Å². The first-order valence-electron chi connectivity index (χ1n) is 6.06. The molecule has 0 aliphatic heterocycles. The molecule has 0 atom stereocenters. The molecular formula is C16H11NO3. The summed E-state index contributed by atoms with van der Waals surface area (Å²) in [5.41, 5.74) is 1.63. The molecule has 1 aromatic heterocycles. The Hall–Kier alpha value is -2.88. The maximum Gasteiger partial charge on any atom is 0.335 e. The van der Waals surface area contributed by atoms with E-state index in [2.05, 4.69) is 6.58 Å². The monoisotopic (exact) mass is 265 g/mol. The van der Waals surface area contributed by atoms with Gasteiger partial charge in [0.2, 0.25) is 0 Å². The van der Waals surface area contributed by atoms with E-state index >= 15 is 0 Å². The van der Waals surface area contributed by atoms with Crippen LogP contribution in [0.4, 0.5) is 0 Å². The van der Waals surface area contributed by atoms with Gasteiger partial charge in [-0.1, -0.05) is 24.8 Å². The third-order valence-corrected chi connectivity index (χ3v) is 3.31. The minimum absolute atomic E-state index is 0.200. The van der Waals surface area contributed by atoms with Gasteiger partial charge in [0.05, 0.1) is 16.6 Å². The van der Waals surface area contributed by atoms with E-state index in [1.165, 1.54) is 12.1 Å². The van der Waals surface area contributed by atoms with E-state index < -0.39 is 5.97 Å². The Kier molecular flexibility index (Phi) is 2.64. The largest absolute Gasteiger partial charge is 0.478 e. The molecule has 4 nitrogen and oxygen atoms in total. The molecule has 1 N–H and O–H groups in total. The van der Waals surface area contributed by atoms with Gasteiger partial charge in [-0.3, -0.25) is 9.36 Å². The lowest BCUT2D eigenvalue weighted by atomic mass is 10.1. The fourth-order valence-electron chi connectivity index (χ4n) is 2.43. The quantitative estimate of drug-likeness (QED) is 0.723. The van der Waals surface area contributed by atoms with Gasteiger partial charge in [-0.2, -0.15) is 0 Å². The van der Waals surface area contributed by atoms with Gasteiger partial charge in [0, 0.05) is 10.8 Å². The highest BCUT2D eigenvalue weighted by atomic mass is 16.4. The summed E-state index contributed by atoms with van der Waals surface area (Å²) in [5, 5.41) is 10.7. The van der Waals surface area contributed by atoms with Gasteiger partial charge < -0.3 is 5.11 Å². The summed E-state index contributed by atoms with van der Waals surface area (Å²) in [4.78, 5) is 23.1. The topological polar surface area (TPSA) is 59.3 Å². The molecule has 4 heteroatoms. The Morgan fingerprint density at radius 2 is 1.75 bits per heavy atom. The predicted molar refractivity (Wildman–Crippen MR) is 77.2 cm³/mol. The maximum absolute atomic E-state index is 12.0. The van der Waals surface area contributed by atoms with E-state index in [4.69, 9.17) is 5.11 Å². The van der Waals surface area contributed by atoms with Gasteiger partial charge in [-0.15, -0.1) is 0 Å². The standard InChI is InChI=1S/C16H11NO3/c1-2-15(18)17-13-6-4-3-5-11(13)12-9-10(16(19)20)7-8-14(12)17/h2-9H,1H2,(H,19,20). The zero-order valence-corrected chi connectivity index (χ0v) is 10.5. The average molecular weight is 265 g/mol. The summed E-state index contributed by atoms with van der Waals surface area (Å²) in [6, 6.07) is 12.1. The van der Waals surface area contributed by atoms with Gasteiger partial charge >= 0.3 is 5.97 Å². The molecular weight excluding hydrogens is 254 g/mol. The molecule has 0 fully saturated rings. The summed E-state index contributed by atoms with van der Waals surface area (Å²) in [6.07, 6.45) is 1.25. The number of hydrogen-bond donors (Lipinski definition) is 1. The van der Waals surface area contributed by atoms with Crippen LogP contribution in [0.15, 0.2) is 55.1 Å². The number of aromatic carboxylic acids is 1. The smallest absolute Gasteiger partial charge is 0.335 e. The minimum Gasteiger partial charge on any atom is -0.478 e. The Balaban J connectivity index is 2.50. The zero-order chi connectivity index (χ0) is 14.3. The second-order valence-corrected chi connectivity index (χ2v) is 4.43. The van der Waals surface area contributed by atoms with E-state index in [1.807, 2.05) is 24.3 Å². The van der Waals surface area contributed by atoms with Gasteiger partial charge in [-0.25, -0.2) is 4.79 Å². The van der Waals surface area contributed by atoms with Crippen LogP contribution in [0.1, 0.15) is 15.2 Å². The number of allylic oxidation sites excluding steroid dienone is 1. The molecule has 0 spiro atoms. The summed E-state index contributed by atoms with van der Waals surface area (Å²) in [5.74, 6) is -1.22. The van der Waals surface area contributed by atoms with Crippen molar-refractivity contribution in [3.05, 3.63) is 60.7 Å². The highest BCUT2D eigenvalue weighted by Gasteiger charge is 2.15. The highest BCUT2D eigenvalue weighted by Crippen LogP contribution is 2.29. The lowest BCUT2D eigenvalue weighted by molar-refractivity contribution is 0.0697. The third-order valence-electron chi connectivity index (χ3n) is 3.31. The van der Waals surface area contributed by atoms with Crippen LogP contribution in [0.3, 0.4) is 0 Å². The molecule has 98 valence electrons. The molecule has 0 bridgehead atoms. The van der Waals surface area contributed by atoms with Gasteiger partial charge in [-0.05, 0) is 30.3 Å². The summed E-state index contributed by atoms with van der Waals surface area (Å²) in [7, 11) is 0. The Morgan fingerprint density at radius 1 is 1.05 bits per heavy atom. The molecule has 0 saturated carbocycles. The average Bonchev–Trinajstić information content (AvgIpc) is 2.80. The van der Waals surface area contributed by atoms with E-state index in [9.17, 15) is 9.59 Å². The number of nitrogens with zero attached hydrogens (tertiary/aromatic N) is 1. The molecule has 0 aliphatic rings. The summed E-state index contributed by atoms with van der Waals surface area (Å²) < 4.78 is 1.54. The molecule has 20 heavy (non-hydrogen) atoms. The van der Waals surface area contributed by atoms with Crippen LogP contribution in [0.5, 0.6) is 0 Å². The van der Waals surface area contributed by atoms with Crippen LogP contribution >= 0.6 is 0 Å². The van der Waals surface area contributed by atoms with Crippen molar-refractivity contribution in [1.29, 1.82) is 0 Å². The number of rotatable bonds is 2. The number of hydrogen-bond acceptors (Lipinski definition) is 2. The predicted octanol–water partition coefficient (Wildman–Crippen LogP) is 3.32. The van der Waals surface area contributed by atoms with Crippen molar-refractivity contribution in [2.75, 3.05) is 0 Å². The van der Waals surface area contributed by atoms with E-state index in [0.717, 1.165) is 16.3 Å². The maximum atomic E-state index is 12.0. The normalized spacial score (nSPS) is 10.8. The fraction of sp³-hybridized carbons (Fsp3) is 0. The molecule has 2 aromatic carbocycles. The van der Waals surface area contributed by atoms with Gasteiger partial charge in [0.15, 0.2) is 0 Å². The molecule has 3 rings (SSSR count). The van der Waals surface area contributed by atoms with Crippen LogP contribution < -0.4 is 0 Å². The minimum atomic E-state index is -0.987. The number of carbonyl (C=O) groups excluding carboxylic acids is 1. The van der Waals surface area contributed by atoms with E-state index in [1.54, 1.807) is 16.7 Å². The van der Waals surface area contributed by atoms with Gasteiger partial charge in [0.1, 0.15) is 0 Å². The zero-order valence-electron chi connectivity index (χ0n) is 10.5. The van der Waals surface area contributed by atoms with Crippen molar-refractivity contribution in [2.24, 2.45) is 0 Å². The van der Waals surface area contributed by atoms with Crippen molar-refractivity contribution >= 4 is 33.7 Å². The molecule has 0 radical (unpaired) electrons. The Bertz CT molecular complexity index is 874. The number of para-hydroxylation sites is 1. The molecule has 1 heterocycles. The summed E-state index contributed by atoms with van der Waals surface area (Å²) >= 11 is 0. The molecule has 0 aliphatic carbocycles. The Labute approximate surface area is 114 Å². The Morgan fingerprint density at radius 3 is 2.45 bits per heavy atom. The number of carboxylic acid groups (broad SMARTS) is 1. The first-order valence-corrected chi connectivity index (χ1v) is 6.06. The lowest BCUT2D eigenvalue weighted by Crippen LogP contribution is -2.06.